The van der Waals surface area contributed by atoms with Crippen LogP contribution in [0.1, 0.15) is 5.56 Å². The van der Waals surface area contributed by atoms with Crippen LogP contribution in [0.3, 0.4) is 0 Å². The van der Waals surface area contributed by atoms with Crippen LogP contribution in [0, 0.1) is 6.92 Å². The van der Waals surface area contributed by atoms with Gasteiger partial charge in [0, 0.05) is 10.7 Å². The zero-order valence-electron chi connectivity index (χ0n) is 14.6. The maximum Gasteiger partial charge on any atom is 0.137 e. The first-order chi connectivity index (χ1) is 12.1. The van der Waals surface area contributed by atoms with Crippen molar-refractivity contribution in [3.8, 4) is 5.75 Å². The second-order valence-electron chi connectivity index (χ2n) is 6.70. The molecule has 1 atom stereocenters. The van der Waals surface area contributed by atoms with Crippen LogP contribution in [0.5, 0.6) is 5.75 Å². The summed E-state index contributed by atoms with van der Waals surface area (Å²) in [4.78, 5) is 3.77. The van der Waals surface area contributed by atoms with Gasteiger partial charge >= 0.3 is 0 Å². The molecule has 3 rings (SSSR count). The van der Waals surface area contributed by atoms with Gasteiger partial charge in [0.05, 0.1) is 26.2 Å². The molecule has 2 aromatic carbocycles. The molecule has 0 spiro atoms. The van der Waals surface area contributed by atoms with E-state index in [1.165, 1.54) is 16.2 Å². The predicted octanol–water partition coefficient (Wildman–Crippen LogP) is 1.79. The van der Waals surface area contributed by atoms with Crippen molar-refractivity contribution in [1.82, 2.24) is 0 Å². The van der Waals surface area contributed by atoms with Gasteiger partial charge in [-0.1, -0.05) is 35.4 Å². The molecule has 4 nitrogen and oxygen atoms in total. The third kappa shape index (κ3) is 5.36. The molecular formula is C20H26ClN2O2+. The number of hydrogen-bond acceptors (Lipinski definition) is 3. The normalized spacial score (nSPS) is 16.7. The Morgan fingerprint density at radius 3 is 2.56 bits per heavy atom. The summed E-state index contributed by atoms with van der Waals surface area (Å²) in [6, 6.07) is 15.9. The Morgan fingerprint density at radius 2 is 1.88 bits per heavy atom. The van der Waals surface area contributed by atoms with Crippen molar-refractivity contribution in [1.29, 1.82) is 0 Å². The lowest BCUT2D eigenvalue weighted by molar-refractivity contribution is -0.903. The third-order valence-electron chi connectivity index (χ3n) is 4.63. The number of aliphatic hydroxyl groups excluding tert-OH is 1. The van der Waals surface area contributed by atoms with Gasteiger partial charge in [-0.15, -0.1) is 0 Å². The van der Waals surface area contributed by atoms with Gasteiger partial charge in [-0.05, 0) is 37.3 Å². The maximum atomic E-state index is 10.3. The number of piperazine rings is 1. The van der Waals surface area contributed by atoms with E-state index in [0.29, 0.717) is 6.61 Å². The van der Waals surface area contributed by atoms with E-state index in [4.69, 9.17) is 16.3 Å². The fourth-order valence-corrected chi connectivity index (χ4v) is 3.36. The van der Waals surface area contributed by atoms with Crippen molar-refractivity contribution in [3.05, 3.63) is 59.1 Å². The van der Waals surface area contributed by atoms with Gasteiger partial charge in [-0.3, -0.25) is 0 Å². The standard InChI is InChI=1S/C20H25ClN2O2/c1-16-5-7-20(8-6-16)25-15-19(24)14-22-9-11-23(12-10-22)18-4-2-3-17(21)13-18/h2-8,13,19,24H,9-12,14-15H2,1H3/p+1/t19-/m0/s1. The summed E-state index contributed by atoms with van der Waals surface area (Å²) in [5, 5.41) is 11.0. The lowest BCUT2D eigenvalue weighted by Gasteiger charge is -2.34. The quantitative estimate of drug-likeness (QED) is 0.823. The van der Waals surface area contributed by atoms with E-state index in [9.17, 15) is 5.11 Å². The van der Waals surface area contributed by atoms with E-state index in [0.717, 1.165) is 43.5 Å². The zero-order valence-corrected chi connectivity index (χ0v) is 15.4. The number of rotatable bonds is 6. The number of anilines is 1. The van der Waals surface area contributed by atoms with Crippen molar-refractivity contribution >= 4 is 17.3 Å². The fraction of sp³-hybridized carbons (Fsp3) is 0.400. The SMILES string of the molecule is Cc1ccc(OC[C@@H](O)C[NH+]2CCN(c3cccc(Cl)c3)CC2)cc1. The molecule has 0 unspecified atom stereocenters. The highest BCUT2D eigenvalue weighted by Crippen LogP contribution is 2.19. The highest BCUT2D eigenvalue weighted by atomic mass is 35.5. The second-order valence-corrected chi connectivity index (χ2v) is 7.14. The smallest absolute Gasteiger partial charge is 0.137 e. The van der Waals surface area contributed by atoms with E-state index < -0.39 is 6.10 Å². The van der Waals surface area contributed by atoms with E-state index in [2.05, 4.69) is 11.0 Å². The zero-order chi connectivity index (χ0) is 17.6. The van der Waals surface area contributed by atoms with Crippen molar-refractivity contribution in [2.45, 2.75) is 13.0 Å². The average Bonchev–Trinajstić information content (AvgIpc) is 2.62. The predicted molar refractivity (Wildman–Crippen MR) is 102 cm³/mol. The first-order valence-corrected chi connectivity index (χ1v) is 9.19. The maximum absolute atomic E-state index is 10.3. The van der Waals surface area contributed by atoms with E-state index in [-0.39, 0.29) is 0 Å². The van der Waals surface area contributed by atoms with E-state index in [1.807, 2.05) is 49.4 Å². The number of aryl methyl sites for hydroxylation is 1. The van der Waals surface area contributed by atoms with E-state index >= 15 is 0 Å². The number of quaternary nitrogens is 1. The lowest BCUT2D eigenvalue weighted by Crippen LogP contribution is -3.16. The van der Waals surface area contributed by atoms with Crippen LogP contribution < -0.4 is 14.5 Å². The molecule has 0 radical (unpaired) electrons. The van der Waals surface area contributed by atoms with Crippen LogP contribution in [0.2, 0.25) is 5.02 Å². The monoisotopic (exact) mass is 361 g/mol. The van der Waals surface area contributed by atoms with Crippen LogP contribution in [0.4, 0.5) is 5.69 Å². The second kappa shape index (κ2) is 8.56. The first kappa shape index (κ1) is 18.1. The molecule has 2 N–H and O–H groups in total. The Labute approximate surface area is 154 Å². The van der Waals surface area contributed by atoms with Gasteiger partial charge in [0.2, 0.25) is 0 Å². The number of benzene rings is 2. The largest absolute Gasteiger partial charge is 0.491 e. The van der Waals surface area contributed by atoms with Crippen LogP contribution in [-0.2, 0) is 0 Å². The van der Waals surface area contributed by atoms with Crippen molar-refractivity contribution in [3.63, 3.8) is 0 Å². The summed E-state index contributed by atoms with van der Waals surface area (Å²) in [5.74, 6) is 0.811. The third-order valence-corrected chi connectivity index (χ3v) is 4.87. The first-order valence-electron chi connectivity index (χ1n) is 8.82. The van der Waals surface area contributed by atoms with Crippen LogP contribution in [-0.4, -0.2) is 50.5 Å². The number of halogens is 1. The fourth-order valence-electron chi connectivity index (χ4n) is 3.18. The minimum atomic E-state index is -0.450. The summed E-state index contributed by atoms with van der Waals surface area (Å²) in [7, 11) is 0. The van der Waals surface area contributed by atoms with Gasteiger partial charge < -0.3 is 19.6 Å². The minimum absolute atomic E-state index is 0.338. The molecule has 1 aliphatic heterocycles. The number of nitrogens with zero attached hydrogens (tertiary/aromatic N) is 1. The van der Waals surface area contributed by atoms with Gasteiger partial charge in [0.25, 0.3) is 0 Å². The van der Waals surface area contributed by atoms with Gasteiger partial charge in [-0.2, -0.15) is 0 Å². The molecule has 0 aromatic heterocycles. The summed E-state index contributed by atoms with van der Waals surface area (Å²) < 4.78 is 5.68. The molecule has 25 heavy (non-hydrogen) atoms. The Bertz CT molecular complexity index is 670. The molecule has 5 heteroatoms. The van der Waals surface area contributed by atoms with Crippen LogP contribution in [0.25, 0.3) is 0 Å². The molecule has 0 bridgehead atoms. The highest BCUT2D eigenvalue weighted by molar-refractivity contribution is 6.30. The summed E-state index contributed by atoms with van der Waals surface area (Å²) >= 11 is 6.08. The minimum Gasteiger partial charge on any atom is -0.491 e. The Hall–Kier alpha value is -1.75. The number of hydrogen-bond donors (Lipinski definition) is 2. The van der Waals surface area contributed by atoms with Gasteiger partial charge in [0.15, 0.2) is 0 Å². The molecule has 1 fully saturated rings. The molecule has 134 valence electrons. The molecule has 0 aliphatic carbocycles. The molecule has 1 saturated heterocycles. The van der Waals surface area contributed by atoms with Gasteiger partial charge in [-0.25, -0.2) is 0 Å². The highest BCUT2D eigenvalue weighted by Gasteiger charge is 2.23. The molecular weight excluding hydrogens is 336 g/mol. The van der Waals surface area contributed by atoms with Crippen LogP contribution in [0.15, 0.2) is 48.5 Å². The summed E-state index contributed by atoms with van der Waals surface area (Å²) in [5.41, 5.74) is 2.38. The van der Waals surface area contributed by atoms with Crippen molar-refractivity contribution < 1.29 is 14.7 Å². The summed E-state index contributed by atoms with van der Waals surface area (Å²) in [6.07, 6.45) is -0.450. The molecule has 0 amide bonds. The number of aliphatic hydroxyl groups is 1. The van der Waals surface area contributed by atoms with Crippen molar-refractivity contribution in [2.24, 2.45) is 0 Å². The Kier molecular flexibility index (Phi) is 6.19. The molecule has 1 aliphatic rings. The molecule has 0 saturated carbocycles. The molecule has 2 aromatic rings. The van der Waals surface area contributed by atoms with Gasteiger partial charge in [0.1, 0.15) is 25.0 Å². The van der Waals surface area contributed by atoms with Crippen LogP contribution >= 0.6 is 11.6 Å². The Morgan fingerprint density at radius 1 is 1.16 bits per heavy atom. The lowest BCUT2D eigenvalue weighted by atomic mass is 10.2. The van der Waals surface area contributed by atoms with Crippen molar-refractivity contribution in [2.75, 3.05) is 44.2 Å². The number of ether oxygens (including phenoxy) is 1. The Balaban J connectivity index is 1.41. The number of nitrogens with one attached hydrogen (secondary N) is 1. The van der Waals surface area contributed by atoms with E-state index in [1.54, 1.807) is 0 Å². The summed E-state index contributed by atoms with van der Waals surface area (Å²) in [6.45, 7) is 7.06. The molecule has 1 heterocycles. The average molecular weight is 362 g/mol. The topological polar surface area (TPSA) is 37.1 Å².